The third kappa shape index (κ3) is 2.50. The molecule has 4 radical (unpaired) electrons. The molecule has 0 fully saturated rings. The van der Waals surface area contributed by atoms with Crippen molar-refractivity contribution >= 4 is 35.8 Å². The van der Waals surface area contributed by atoms with Gasteiger partial charge in [-0.2, -0.15) is 0 Å². The fourth-order valence-electron chi connectivity index (χ4n) is 0.831. The smallest absolute Gasteiger partial charge is 0.374 e. The number of esters is 2. The molecule has 0 N–H and O–H groups in total. The van der Waals surface area contributed by atoms with Crippen molar-refractivity contribution < 1.29 is 23.5 Å². The number of carbonyl (C=O) groups is 2. The number of rotatable bonds is 2. The summed E-state index contributed by atoms with van der Waals surface area (Å²) in [5.74, 6) is -1.48. The molecule has 1 aromatic rings. The summed E-state index contributed by atoms with van der Waals surface area (Å²) in [6.07, 6.45) is 1.22. The zero-order valence-corrected chi connectivity index (χ0v) is 10.6. The van der Waals surface area contributed by atoms with Crippen molar-refractivity contribution in [3.05, 3.63) is 23.7 Å². The van der Waals surface area contributed by atoms with Gasteiger partial charge in [-0.1, -0.05) is 0 Å². The van der Waals surface area contributed by atoms with Crippen LogP contribution in [-0.4, -0.2) is 50.1 Å². The quantitative estimate of drug-likeness (QED) is 0.587. The fourth-order valence-corrected chi connectivity index (χ4v) is 0.831. The van der Waals surface area contributed by atoms with Gasteiger partial charge in [-0.3, -0.25) is 0 Å². The first kappa shape index (κ1) is 13.0. The second kappa shape index (κ2) is 5.69. The molecule has 0 unspecified atom stereocenters. The van der Waals surface area contributed by atoms with Gasteiger partial charge in [0.25, 0.3) is 0 Å². The third-order valence-corrected chi connectivity index (χ3v) is 1.44. The molecule has 0 amide bonds. The molecule has 0 saturated heterocycles. The topological polar surface area (TPSA) is 65.7 Å². The van der Waals surface area contributed by atoms with Crippen LogP contribution in [0.2, 0.25) is 0 Å². The van der Waals surface area contributed by atoms with Crippen molar-refractivity contribution in [2.24, 2.45) is 0 Å². The van der Waals surface area contributed by atoms with Crippen LogP contribution in [0, 0.1) is 0 Å². The Morgan fingerprint density at radius 1 is 1.21 bits per heavy atom. The molecule has 0 aliphatic heterocycles. The van der Waals surface area contributed by atoms with E-state index in [4.69, 9.17) is 4.42 Å². The van der Waals surface area contributed by atoms with Crippen molar-refractivity contribution in [1.29, 1.82) is 0 Å². The predicted octanol–water partition coefficient (Wildman–Crippen LogP) is 0.472. The number of ether oxygens (including phenoxy) is 2. The van der Waals surface area contributed by atoms with E-state index in [0.717, 1.165) is 0 Å². The Morgan fingerprint density at radius 3 is 2.29 bits per heavy atom. The molecule has 6 heteroatoms. The molecule has 0 aliphatic rings. The minimum atomic E-state index is -0.703. The molecule has 1 aromatic heterocycles. The standard InChI is InChI=1S/C8H8O5.Sn/c1-11-7(9)5-3-4-13-6(5)8(10)12-2;/h3-4H,1-2H3;. The first-order valence-corrected chi connectivity index (χ1v) is 3.44. The van der Waals surface area contributed by atoms with Crippen LogP contribution in [0.5, 0.6) is 0 Å². The van der Waals surface area contributed by atoms with Gasteiger partial charge in [0.2, 0.25) is 5.76 Å². The molecule has 5 nitrogen and oxygen atoms in total. The Bertz CT molecular complexity index is 300. The maximum absolute atomic E-state index is 11.0. The Balaban J connectivity index is 0.00000169. The monoisotopic (exact) mass is 304 g/mol. The van der Waals surface area contributed by atoms with Crippen LogP contribution in [0.25, 0.3) is 0 Å². The Labute approximate surface area is 97.3 Å². The normalized spacial score (nSPS) is 8.71. The van der Waals surface area contributed by atoms with Crippen LogP contribution in [0.1, 0.15) is 20.9 Å². The van der Waals surface area contributed by atoms with Gasteiger partial charge < -0.3 is 13.9 Å². The zero-order chi connectivity index (χ0) is 9.84. The van der Waals surface area contributed by atoms with Crippen molar-refractivity contribution in [1.82, 2.24) is 0 Å². The number of carbonyl (C=O) groups excluding carboxylic acids is 2. The summed E-state index contributed by atoms with van der Waals surface area (Å²) in [6.45, 7) is 0. The average molecular weight is 303 g/mol. The molecule has 1 rings (SSSR count). The van der Waals surface area contributed by atoms with Crippen LogP contribution in [0.3, 0.4) is 0 Å². The van der Waals surface area contributed by atoms with Gasteiger partial charge in [0.15, 0.2) is 0 Å². The van der Waals surface area contributed by atoms with E-state index < -0.39 is 11.9 Å². The molecule has 0 saturated carbocycles. The van der Waals surface area contributed by atoms with Crippen LogP contribution in [-0.2, 0) is 9.47 Å². The van der Waals surface area contributed by atoms with Crippen molar-refractivity contribution in [3.63, 3.8) is 0 Å². The van der Waals surface area contributed by atoms with Gasteiger partial charge in [-0.05, 0) is 6.07 Å². The maximum Gasteiger partial charge on any atom is 0.374 e. The van der Waals surface area contributed by atoms with E-state index in [-0.39, 0.29) is 35.2 Å². The van der Waals surface area contributed by atoms with E-state index >= 15 is 0 Å². The number of hydrogen-bond acceptors (Lipinski definition) is 5. The fraction of sp³-hybridized carbons (Fsp3) is 0.250. The summed E-state index contributed by atoms with van der Waals surface area (Å²) in [7, 11) is 2.42. The molecule has 14 heavy (non-hydrogen) atoms. The summed E-state index contributed by atoms with van der Waals surface area (Å²) in [5.41, 5.74) is 0.0642. The molecule has 74 valence electrons. The third-order valence-electron chi connectivity index (χ3n) is 1.44. The second-order valence-electron chi connectivity index (χ2n) is 2.15. The van der Waals surface area contributed by atoms with Gasteiger partial charge in [0.1, 0.15) is 5.56 Å². The van der Waals surface area contributed by atoms with Gasteiger partial charge in [0.05, 0.1) is 20.5 Å². The first-order chi connectivity index (χ1) is 6.20. The number of furan rings is 1. The first-order valence-electron chi connectivity index (χ1n) is 3.44. The summed E-state index contributed by atoms with van der Waals surface area (Å²) >= 11 is 0. The van der Waals surface area contributed by atoms with Crippen molar-refractivity contribution in [2.45, 2.75) is 0 Å². The van der Waals surface area contributed by atoms with Gasteiger partial charge >= 0.3 is 11.9 Å². The molecule has 0 aliphatic carbocycles. The van der Waals surface area contributed by atoms with E-state index in [2.05, 4.69) is 9.47 Å². The summed E-state index contributed by atoms with van der Waals surface area (Å²) in [5, 5.41) is 0. The van der Waals surface area contributed by atoms with Crippen LogP contribution >= 0.6 is 0 Å². The van der Waals surface area contributed by atoms with Crippen molar-refractivity contribution in [2.75, 3.05) is 14.2 Å². The predicted molar refractivity (Wildman–Crippen MR) is 47.1 cm³/mol. The second-order valence-corrected chi connectivity index (χ2v) is 2.15. The Morgan fingerprint density at radius 2 is 1.79 bits per heavy atom. The number of methoxy groups -OCH3 is 2. The largest absolute Gasteiger partial charge is 0.465 e. The number of hydrogen-bond donors (Lipinski definition) is 0. The Hall–Kier alpha value is -0.981. The van der Waals surface area contributed by atoms with Gasteiger partial charge in [-0.15, -0.1) is 0 Å². The minimum absolute atomic E-state index is 0. The van der Waals surface area contributed by atoms with E-state index in [1.165, 1.54) is 26.5 Å². The van der Waals surface area contributed by atoms with E-state index in [1.807, 2.05) is 0 Å². The molecule has 0 aromatic carbocycles. The van der Waals surface area contributed by atoms with Crippen molar-refractivity contribution in [3.8, 4) is 0 Å². The molecule has 1 heterocycles. The van der Waals surface area contributed by atoms with Crippen LogP contribution < -0.4 is 0 Å². The zero-order valence-electron chi connectivity index (χ0n) is 7.70. The molecular formula is C8H8O5Sn. The maximum atomic E-state index is 11.0. The Kier molecular flexibility index (Phi) is 5.29. The van der Waals surface area contributed by atoms with E-state index in [0.29, 0.717) is 0 Å². The SMILES string of the molecule is COC(=O)c1ccoc1C(=O)OC.[Sn]. The minimum Gasteiger partial charge on any atom is -0.465 e. The van der Waals surface area contributed by atoms with Crippen LogP contribution in [0.15, 0.2) is 16.7 Å². The van der Waals surface area contributed by atoms with E-state index in [9.17, 15) is 9.59 Å². The van der Waals surface area contributed by atoms with Crippen LogP contribution in [0.4, 0.5) is 0 Å². The molecule has 0 spiro atoms. The molecule has 0 atom stereocenters. The van der Waals surface area contributed by atoms with E-state index in [1.54, 1.807) is 0 Å². The summed E-state index contributed by atoms with van der Waals surface area (Å²) < 4.78 is 13.6. The summed E-state index contributed by atoms with van der Waals surface area (Å²) in [4.78, 5) is 22.0. The van der Waals surface area contributed by atoms with Gasteiger partial charge in [0, 0.05) is 23.9 Å². The molecular weight excluding hydrogens is 295 g/mol. The molecule has 0 bridgehead atoms. The average Bonchev–Trinajstić information content (AvgIpc) is 2.63. The summed E-state index contributed by atoms with van der Waals surface area (Å²) in [6, 6.07) is 1.35. The van der Waals surface area contributed by atoms with Gasteiger partial charge in [-0.25, -0.2) is 9.59 Å².